The Labute approximate surface area is 178 Å². The highest BCUT2D eigenvalue weighted by Crippen LogP contribution is 2.38. The number of carbonyl (C=O) groups is 1. The van der Waals surface area contributed by atoms with E-state index in [-0.39, 0.29) is 29.3 Å². The fraction of sp³-hybridized carbons (Fsp3) is 0.381. The van der Waals surface area contributed by atoms with Gasteiger partial charge < -0.3 is 19.5 Å². The molecule has 1 amide bonds. The van der Waals surface area contributed by atoms with Gasteiger partial charge in [0.25, 0.3) is 0 Å². The first-order valence-electron chi connectivity index (χ1n) is 9.41. The van der Waals surface area contributed by atoms with E-state index in [0.29, 0.717) is 17.2 Å². The number of alkyl halides is 2. The molecule has 1 heterocycles. The van der Waals surface area contributed by atoms with Gasteiger partial charge in [0.05, 0.1) is 25.8 Å². The Balaban J connectivity index is 1.67. The number of rotatable bonds is 8. The largest absolute Gasteiger partial charge is 0.497 e. The molecule has 0 radical (unpaired) electrons. The van der Waals surface area contributed by atoms with Crippen molar-refractivity contribution in [2.24, 2.45) is 0 Å². The molecule has 2 aromatic rings. The molecule has 1 N–H and O–H groups in total. The van der Waals surface area contributed by atoms with Gasteiger partial charge in [-0.15, -0.1) is 0 Å². The van der Waals surface area contributed by atoms with Gasteiger partial charge >= 0.3 is 6.61 Å². The van der Waals surface area contributed by atoms with Crippen LogP contribution in [0.1, 0.15) is 24.4 Å². The summed E-state index contributed by atoms with van der Waals surface area (Å²) in [7, 11) is 3.20. The fourth-order valence-electron chi connectivity index (χ4n) is 3.62. The van der Waals surface area contributed by atoms with Crippen molar-refractivity contribution in [1.29, 1.82) is 0 Å². The van der Waals surface area contributed by atoms with E-state index in [1.165, 1.54) is 18.2 Å². The van der Waals surface area contributed by atoms with Crippen LogP contribution in [0.4, 0.5) is 14.5 Å². The predicted octanol–water partition coefficient (Wildman–Crippen LogP) is 4.73. The zero-order valence-corrected chi connectivity index (χ0v) is 17.4. The summed E-state index contributed by atoms with van der Waals surface area (Å²) in [4.78, 5) is 14.7. The van der Waals surface area contributed by atoms with E-state index in [1.54, 1.807) is 14.2 Å². The first-order chi connectivity index (χ1) is 14.4. The molecule has 1 aliphatic rings. The van der Waals surface area contributed by atoms with Crippen LogP contribution in [0.3, 0.4) is 0 Å². The number of hydrogen-bond donors (Lipinski definition) is 1. The van der Waals surface area contributed by atoms with Gasteiger partial charge in [-0.2, -0.15) is 8.78 Å². The van der Waals surface area contributed by atoms with E-state index in [9.17, 15) is 13.6 Å². The van der Waals surface area contributed by atoms with Crippen molar-refractivity contribution in [3.8, 4) is 17.2 Å². The second kappa shape index (κ2) is 9.95. The maximum Gasteiger partial charge on any atom is 0.387 e. The summed E-state index contributed by atoms with van der Waals surface area (Å²) in [6.07, 6.45) is 1.86. The molecule has 1 fully saturated rings. The Bertz CT molecular complexity index is 897. The molecule has 0 aliphatic carbocycles. The van der Waals surface area contributed by atoms with Gasteiger partial charge in [0.15, 0.2) is 0 Å². The van der Waals surface area contributed by atoms with Crippen LogP contribution in [0.25, 0.3) is 0 Å². The van der Waals surface area contributed by atoms with Crippen molar-refractivity contribution in [2.75, 3.05) is 32.6 Å². The van der Waals surface area contributed by atoms with Crippen LogP contribution < -0.4 is 19.5 Å². The summed E-state index contributed by atoms with van der Waals surface area (Å²) in [6.45, 7) is -2.02. The molecule has 0 spiro atoms. The van der Waals surface area contributed by atoms with Crippen LogP contribution in [0.2, 0.25) is 5.02 Å². The lowest BCUT2D eigenvalue weighted by Gasteiger charge is -2.26. The van der Waals surface area contributed by atoms with Gasteiger partial charge in [-0.05, 0) is 43.7 Å². The number of nitrogens with one attached hydrogen (secondary N) is 1. The van der Waals surface area contributed by atoms with E-state index < -0.39 is 6.61 Å². The molecule has 0 bridgehead atoms. The van der Waals surface area contributed by atoms with Crippen molar-refractivity contribution < 1.29 is 27.8 Å². The third kappa shape index (κ3) is 5.31. The number of ether oxygens (including phenoxy) is 3. The Hall–Kier alpha value is -2.58. The monoisotopic (exact) mass is 440 g/mol. The normalized spacial score (nSPS) is 16.5. The fourth-order valence-corrected chi connectivity index (χ4v) is 3.84. The maximum absolute atomic E-state index is 12.6. The smallest absolute Gasteiger partial charge is 0.387 e. The quantitative estimate of drug-likeness (QED) is 0.642. The second-order valence-electron chi connectivity index (χ2n) is 6.81. The van der Waals surface area contributed by atoms with E-state index >= 15 is 0 Å². The molecule has 1 saturated heterocycles. The van der Waals surface area contributed by atoms with E-state index in [1.807, 2.05) is 18.2 Å². The minimum Gasteiger partial charge on any atom is -0.497 e. The molecule has 0 aromatic heterocycles. The van der Waals surface area contributed by atoms with Gasteiger partial charge in [-0.3, -0.25) is 9.69 Å². The van der Waals surface area contributed by atoms with Crippen molar-refractivity contribution >= 4 is 23.2 Å². The van der Waals surface area contributed by atoms with Crippen LogP contribution in [0.5, 0.6) is 17.2 Å². The van der Waals surface area contributed by atoms with Gasteiger partial charge in [-0.25, -0.2) is 0 Å². The SMILES string of the molecule is COc1ccc([C@H]2CCCN2CC(=O)Nc2ccc(OC(F)F)c(Cl)c2)c(OC)c1. The van der Waals surface area contributed by atoms with E-state index in [0.717, 1.165) is 24.9 Å². The molecule has 3 rings (SSSR count). The van der Waals surface area contributed by atoms with Crippen LogP contribution in [0, 0.1) is 0 Å². The molecule has 6 nitrogen and oxygen atoms in total. The van der Waals surface area contributed by atoms with Gasteiger partial charge in [0, 0.05) is 23.4 Å². The average Bonchev–Trinajstić information content (AvgIpc) is 3.16. The lowest BCUT2D eigenvalue weighted by atomic mass is 10.0. The number of halogens is 3. The molecular formula is C21H23ClF2N2O4. The van der Waals surface area contributed by atoms with Gasteiger partial charge in [0.1, 0.15) is 17.2 Å². The molecule has 0 saturated carbocycles. The second-order valence-corrected chi connectivity index (χ2v) is 7.22. The number of methoxy groups -OCH3 is 2. The highest BCUT2D eigenvalue weighted by molar-refractivity contribution is 6.32. The number of amides is 1. The lowest BCUT2D eigenvalue weighted by molar-refractivity contribution is -0.117. The Morgan fingerprint density at radius 2 is 2.00 bits per heavy atom. The summed E-state index contributed by atoms with van der Waals surface area (Å²) in [5.41, 5.74) is 1.41. The van der Waals surface area contributed by atoms with Crippen molar-refractivity contribution in [3.05, 3.63) is 47.0 Å². The molecule has 30 heavy (non-hydrogen) atoms. The first-order valence-corrected chi connectivity index (χ1v) is 9.79. The number of anilines is 1. The number of nitrogens with zero attached hydrogens (tertiary/aromatic N) is 1. The third-order valence-corrected chi connectivity index (χ3v) is 5.24. The van der Waals surface area contributed by atoms with E-state index in [2.05, 4.69) is 15.0 Å². The number of hydrogen-bond acceptors (Lipinski definition) is 5. The summed E-state index contributed by atoms with van der Waals surface area (Å²) >= 11 is 5.94. The van der Waals surface area contributed by atoms with Crippen LogP contribution in [-0.2, 0) is 4.79 Å². The molecule has 1 atom stereocenters. The third-order valence-electron chi connectivity index (χ3n) is 4.94. The Morgan fingerprint density at radius 1 is 1.20 bits per heavy atom. The van der Waals surface area contributed by atoms with Crippen molar-refractivity contribution in [2.45, 2.75) is 25.5 Å². The highest BCUT2D eigenvalue weighted by atomic mass is 35.5. The molecule has 0 unspecified atom stereocenters. The first kappa shape index (κ1) is 22.1. The molecule has 9 heteroatoms. The summed E-state index contributed by atoms with van der Waals surface area (Å²) in [6, 6.07) is 9.85. The van der Waals surface area contributed by atoms with Gasteiger partial charge in [0.2, 0.25) is 5.91 Å². The topological polar surface area (TPSA) is 60.0 Å². The number of likely N-dealkylation sites (tertiary alicyclic amines) is 1. The summed E-state index contributed by atoms with van der Waals surface area (Å²) < 4.78 is 39.8. The molecule has 2 aromatic carbocycles. The highest BCUT2D eigenvalue weighted by Gasteiger charge is 2.30. The number of carbonyl (C=O) groups excluding carboxylic acids is 1. The summed E-state index contributed by atoms with van der Waals surface area (Å²) in [5, 5.41) is 2.75. The minimum absolute atomic E-state index is 0.00452. The van der Waals surface area contributed by atoms with Crippen molar-refractivity contribution in [1.82, 2.24) is 4.90 Å². The predicted molar refractivity (Wildman–Crippen MR) is 110 cm³/mol. The molecule has 162 valence electrons. The zero-order chi connectivity index (χ0) is 21.7. The minimum atomic E-state index is -2.97. The average molecular weight is 441 g/mol. The maximum atomic E-state index is 12.6. The zero-order valence-electron chi connectivity index (χ0n) is 16.7. The van der Waals surface area contributed by atoms with E-state index in [4.69, 9.17) is 21.1 Å². The lowest BCUT2D eigenvalue weighted by Crippen LogP contribution is -2.33. The van der Waals surface area contributed by atoms with Crippen molar-refractivity contribution in [3.63, 3.8) is 0 Å². The van der Waals surface area contributed by atoms with Crippen LogP contribution >= 0.6 is 11.6 Å². The molecule has 1 aliphatic heterocycles. The molecular weight excluding hydrogens is 418 g/mol. The van der Waals surface area contributed by atoms with Crippen LogP contribution in [-0.4, -0.2) is 44.7 Å². The van der Waals surface area contributed by atoms with Gasteiger partial charge in [-0.1, -0.05) is 17.7 Å². The summed E-state index contributed by atoms with van der Waals surface area (Å²) in [5.74, 6) is 1.05. The van der Waals surface area contributed by atoms with Crippen LogP contribution in [0.15, 0.2) is 36.4 Å². The Kier molecular flexibility index (Phi) is 7.33. The standard InChI is InChI=1S/C21H23ClF2N2O4/c1-28-14-6-7-15(19(11-14)29-2)17-4-3-9-26(17)12-20(27)25-13-5-8-18(16(22)10-13)30-21(23)24/h5-8,10-11,17,21H,3-4,9,12H2,1-2H3,(H,25,27)/t17-/m1/s1. The Morgan fingerprint density at radius 3 is 2.67 bits per heavy atom. The number of benzene rings is 2.